The number of halogens is 1. The number of benzene rings is 1. The van der Waals surface area contributed by atoms with E-state index >= 15 is 0 Å². The largest absolute Gasteiger partial charge is 0.269 e. The van der Waals surface area contributed by atoms with Crippen LogP contribution in [0.25, 0.3) is 16.1 Å². The van der Waals surface area contributed by atoms with E-state index in [1.807, 2.05) is 6.07 Å². The molecule has 0 saturated carbocycles. The summed E-state index contributed by atoms with van der Waals surface area (Å²) in [6.07, 6.45) is 1.60. The van der Waals surface area contributed by atoms with Crippen molar-refractivity contribution in [2.75, 3.05) is 0 Å². The Morgan fingerprint density at radius 1 is 1.24 bits per heavy atom. The lowest BCUT2D eigenvalue weighted by molar-refractivity contribution is 0.586. The van der Waals surface area contributed by atoms with E-state index in [9.17, 15) is 9.18 Å². The van der Waals surface area contributed by atoms with Gasteiger partial charge >= 0.3 is 0 Å². The number of rotatable bonds is 1. The first-order chi connectivity index (χ1) is 8.27. The molecule has 0 bridgehead atoms. The summed E-state index contributed by atoms with van der Waals surface area (Å²) in [6.45, 7) is 0. The van der Waals surface area contributed by atoms with E-state index in [2.05, 4.69) is 4.98 Å². The van der Waals surface area contributed by atoms with Gasteiger partial charge < -0.3 is 0 Å². The lowest BCUT2D eigenvalue weighted by Gasteiger charge is -2.02. The highest BCUT2D eigenvalue weighted by atomic mass is 32.1. The van der Waals surface area contributed by atoms with Crippen molar-refractivity contribution >= 4 is 16.3 Å². The summed E-state index contributed by atoms with van der Waals surface area (Å²) in [4.78, 5) is 16.3. The molecule has 0 unspecified atom stereocenters. The normalized spacial score (nSPS) is 10.9. The molecule has 84 valence electrons. The topological polar surface area (TPSA) is 34.4 Å². The first-order valence-electron chi connectivity index (χ1n) is 4.98. The Balaban J connectivity index is 2.40. The summed E-state index contributed by atoms with van der Waals surface area (Å²) in [5, 5.41) is 1.71. The second-order valence-corrected chi connectivity index (χ2v) is 4.38. The number of thiazole rings is 1. The van der Waals surface area contributed by atoms with Gasteiger partial charge in [-0.2, -0.15) is 9.37 Å². The fraction of sp³-hybridized carbons (Fsp3) is 0. The molecule has 1 aromatic carbocycles. The van der Waals surface area contributed by atoms with Gasteiger partial charge in [0.05, 0.1) is 0 Å². The molecule has 0 aliphatic rings. The van der Waals surface area contributed by atoms with Gasteiger partial charge in [0.25, 0.3) is 5.56 Å². The van der Waals surface area contributed by atoms with Crippen LogP contribution >= 0.6 is 11.3 Å². The molecule has 0 atom stereocenters. The molecular weight excluding hydrogens is 239 g/mol. The van der Waals surface area contributed by atoms with Gasteiger partial charge in [-0.3, -0.25) is 9.20 Å². The third-order valence-corrected chi connectivity index (χ3v) is 3.24. The van der Waals surface area contributed by atoms with Gasteiger partial charge in [0, 0.05) is 11.6 Å². The molecule has 0 fully saturated rings. The van der Waals surface area contributed by atoms with Gasteiger partial charge in [0.2, 0.25) is 5.95 Å². The van der Waals surface area contributed by atoms with Crippen LogP contribution in [0, 0.1) is 5.95 Å². The third kappa shape index (κ3) is 1.55. The third-order valence-electron chi connectivity index (χ3n) is 2.48. The van der Waals surface area contributed by atoms with Crippen LogP contribution in [-0.2, 0) is 0 Å². The van der Waals surface area contributed by atoms with Crippen LogP contribution in [0.5, 0.6) is 0 Å². The summed E-state index contributed by atoms with van der Waals surface area (Å²) in [6, 6.07) is 8.73. The summed E-state index contributed by atoms with van der Waals surface area (Å²) >= 11 is 1.23. The minimum Gasteiger partial charge on any atom is -0.268 e. The lowest BCUT2D eigenvalue weighted by Crippen LogP contribution is -2.17. The number of hydrogen-bond acceptors (Lipinski definition) is 3. The highest BCUT2D eigenvalue weighted by Crippen LogP contribution is 2.19. The molecule has 0 aliphatic carbocycles. The van der Waals surface area contributed by atoms with E-state index in [0.717, 1.165) is 0 Å². The van der Waals surface area contributed by atoms with Crippen molar-refractivity contribution in [2.24, 2.45) is 0 Å². The van der Waals surface area contributed by atoms with Crippen LogP contribution in [0.3, 0.4) is 0 Å². The van der Waals surface area contributed by atoms with Gasteiger partial charge in [-0.15, -0.1) is 11.3 Å². The van der Waals surface area contributed by atoms with Gasteiger partial charge in [-0.25, -0.2) is 0 Å². The molecule has 2 heterocycles. The van der Waals surface area contributed by atoms with Gasteiger partial charge in [-0.1, -0.05) is 30.3 Å². The van der Waals surface area contributed by atoms with E-state index in [0.29, 0.717) is 10.5 Å². The van der Waals surface area contributed by atoms with E-state index in [1.165, 1.54) is 15.7 Å². The Morgan fingerprint density at radius 2 is 2.00 bits per heavy atom. The van der Waals surface area contributed by atoms with Crippen molar-refractivity contribution in [3.63, 3.8) is 0 Å². The Morgan fingerprint density at radius 3 is 2.76 bits per heavy atom. The Hall–Kier alpha value is -2.01. The monoisotopic (exact) mass is 246 g/mol. The molecular formula is C12H7FN2OS. The van der Waals surface area contributed by atoms with Crippen molar-refractivity contribution in [1.29, 1.82) is 0 Å². The zero-order chi connectivity index (χ0) is 11.8. The maximum Gasteiger partial charge on any atom is 0.269 e. The summed E-state index contributed by atoms with van der Waals surface area (Å²) in [5.41, 5.74) is 0.185. The van der Waals surface area contributed by atoms with Crippen molar-refractivity contribution in [3.8, 4) is 11.1 Å². The predicted octanol–water partition coefficient (Wildman–Crippen LogP) is 2.56. The molecule has 3 nitrogen and oxygen atoms in total. The van der Waals surface area contributed by atoms with Gasteiger partial charge in [0.15, 0.2) is 4.96 Å². The molecule has 3 aromatic rings. The highest BCUT2D eigenvalue weighted by molar-refractivity contribution is 7.15. The Bertz CT molecular complexity index is 733. The van der Waals surface area contributed by atoms with E-state index in [-0.39, 0.29) is 11.1 Å². The Kier molecular flexibility index (Phi) is 2.26. The van der Waals surface area contributed by atoms with Crippen LogP contribution < -0.4 is 5.56 Å². The maximum absolute atomic E-state index is 13.8. The average molecular weight is 246 g/mol. The first kappa shape index (κ1) is 10.2. The number of fused-ring (bicyclic) bond motifs is 1. The van der Waals surface area contributed by atoms with Crippen LogP contribution in [-0.4, -0.2) is 9.38 Å². The SMILES string of the molecule is O=c1c(-c2ccccc2)c(F)nc2sccn12. The van der Waals surface area contributed by atoms with Crippen LogP contribution in [0.4, 0.5) is 4.39 Å². The van der Waals surface area contributed by atoms with Crippen molar-refractivity contribution in [1.82, 2.24) is 9.38 Å². The summed E-state index contributed by atoms with van der Waals surface area (Å²) < 4.78 is 15.2. The second-order valence-electron chi connectivity index (χ2n) is 3.50. The summed E-state index contributed by atoms with van der Waals surface area (Å²) in [7, 11) is 0. The maximum atomic E-state index is 13.8. The molecule has 17 heavy (non-hydrogen) atoms. The molecule has 0 amide bonds. The summed E-state index contributed by atoms with van der Waals surface area (Å²) in [5.74, 6) is -0.719. The quantitative estimate of drug-likeness (QED) is 0.618. The highest BCUT2D eigenvalue weighted by Gasteiger charge is 2.14. The van der Waals surface area contributed by atoms with Crippen LogP contribution in [0.2, 0.25) is 0 Å². The second kappa shape index (κ2) is 3.78. The molecule has 0 spiro atoms. The number of hydrogen-bond donors (Lipinski definition) is 0. The predicted molar refractivity (Wildman–Crippen MR) is 64.7 cm³/mol. The minimum absolute atomic E-state index is 0.0153. The van der Waals surface area contributed by atoms with Crippen LogP contribution in [0.1, 0.15) is 0 Å². The first-order valence-corrected chi connectivity index (χ1v) is 5.86. The molecule has 5 heteroatoms. The van der Waals surface area contributed by atoms with E-state index < -0.39 is 5.95 Å². The Labute approximate surface area is 99.8 Å². The standard InChI is InChI=1S/C12H7FN2OS/c13-10-9(8-4-2-1-3-5-8)11(16)15-6-7-17-12(15)14-10/h1-7H. The van der Waals surface area contributed by atoms with Crippen molar-refractivity contribution < 1.29 is 4.39 Å². The van der Waals surface area contributed by atoms with E-state index in [1.54, 1.807) is 35.8 Å². The van der Waals surface area contributed by atoms with E-state index in [4.69, 9.17) is 0 Å². The minimum atomic E-state index is -0.719. The molecule has 0 radical (unpaired) electrons. The van der Waals surface area contributed by atoms with Crippen LogP contribution in [0.15, 0.2) is 46.7 Å². The fourth-order valence-electron chi connectivity index (χ4n) is 1.70. The smallest absolute Gasteiger partial charge is 0.268 e. The average Bonchev–Trinajstić information content (AvgIpc) is 2.78. The van der Waals surface area contributed by atoms with Crippen molar-refractivity contribution in [3.05, 3.63) is 58.2 Å². The molecule has 0 saturated heterocycles. The fourth-order valence-corrected chi connectivity index (χ4v) is 2.40. The lowest BCUT2D eigenvalue weighted by atomic mass is 10.1. The molecule has 0 N–H and O–H groups in total. The zero-order valence-corrected chi connectivity index (χ0v) is 9.45. The van der Waals surface area contributed by atoms with Gasteiger partial charge in [-0.05, 0) is 5.56 Å². The molecule has 3 rings (SSSR count). The molecule has 2 aromatic heterocycles. The van der Waals surface area contributed by atoms with Gasteiger partial charge in [0.1, 0.15) is 5.56 Å². The molecule has 0 aliphatic heterocycles. The number of nitrogens with zero attached hydrogens (tertiary/aromatic N) is 2. The van der Waals surface area contributed by atoms with Crippen molar-refractivity contribution in [2.45, 2.75) is 0 Å². The number of aromatic nitrogens is 2. The zero-order valence-electron chi connectivity index (χ0n) is 8.63.